The van der Waals surface area contributed by atoms with Crippen LogP contribution in [0.4, 0.5) is 51.2 Å². The Kier molecular flexibility index (Phi) is 11.8. The van der Waals surface area contributed by atoms with Gasteiger partial charge in [0, 0.05) is 67.7 Å². The molecule has 0 amide bonds. The monoisotopic (exact) mass is 1000 g/mol. The van der Waals surface area contributed by atoms with Crippen LogP contribution in [-0.4, -0.2) is 9.13 Å². The number of aromatic nitrogens is 2. The van der Waals surface area contributed by atoms with Gasteiger partial charge in [0.25, 0.3) is 0 Å². The number of benzene rings is 12. The summed E-state index contributed by atoms with van der Waals surface area (Å²) in [4.78, 5) is 7.16. The number of anilines is 9. The van der Waals surface area contributed by atoms with Crippen molar-refractivity contribution >= 4 is 94.8 Å². The molecule has 12 aromatic carbocycles. The Hall–Kier alpha value is -10.6. The van der Waals surface area contributed by atoms with Gasteiger partial charge in [0.2, 0.25) is 0 Å². The molecule has 0 aliphatic carbocycles. The average Bonchev–Trinajstić information content (AvgIpc) is 4.26. The molecule has 0 N–H and O–H groups in total. The van der Waals surface area contributed by atoms with Crippen molar-refractivity contribution in [2.24, 2.45) is 0 Å². The highest BCUT2D eigenvalue weighted by atomic mass is 16.5. The van der Waals surface area contributed by atoms with Crippen LogP contribution in [-0.2, 0) is 0 Å². The van der Waals surface area contributed by atoms with E-state index in [1.807, 2.05) is 30.3 Å². The summed E-state index contributed by atoms with van der Waals surface area (Å²) in [5.41, 5.74) is 15.6. The van der Waals surface area contributed by atoms with E-state index in [1.165, 1.54) is 0 Å². The summed E-state index contributed by atoms with van der Waals surface area (Å²) in [6.45, 7) is 0. The molecule has 0 spiro atoms. The standard InChI is InChI=1S/C72H51N5O/c1-8-27-52(28-9-1)73(53-29-10-2-11-30-53)60-48-67(71-63-43-22-24-45-65(63)76(68(71)49-60)56-35-16-5-17-36-56)75(55-33-14-4-15-34-55)59-40-26-39-58(47-59)74(54-31-12-3-13-32-54)61-50-69-72(70(51-61)78-62-41-20-7-21-42-62)64-44-23-25-46-66(64)77(69)57-37-18-6-19-38-57/h1-51H. The fourth-order valence-electron chi connectivity index (χ4n) is 11.3. The van der Waals surface area contributed by atoms with Gasteiger partial charge in [-0.15, -0.1) is 0 Å². The largest absolute Gasteiger partial charge is 0.457 e. The first-order valence-electron chi connectivity index (χ1n) is 26.4. The minimum Gasteiger partial charge on any atom is -0.457 e. The number of para-hydroxylation sites is 9. The van der Waals surface area contributed by atoms with Crippen molar-refractivity contribution in [1.82, 2.24) is 9.13 Å². The van der Waals surface area contributed by atoms with Gasteiger partial charge in [0.05, 0.1) is 44.5 Å². The maximum absolute atomic E-state index is 7.04. The van der Waals surface area contributed by atoms with E-state index in [-0.39, 0.29) is 0 Å². The van der Waals surface area contributed by atoms with Crippen molar-refractivity contribution in [2.45, 2.75) is 0 Å². The average molecular weight is 1000 g/mol. The predicted octanol–water partition coefficient (Wildman–Crippen LogP) is 20.1. The highest BCUT2D eigenvalue weighted by Gasteiger charge is 2.27. The van der Waals surface area contributed by atoms with Crippen LogP contribution >= 0.6 is 0 Å². The van der Waals surface area contributed by atoms with Crippen LogP contribution in [0.15, 0.2) is 309 Å². The molecule has 0 aliphatic rings. The highest BCUT2D eigenvalue weighted by Crippen LogP contribution is 2.50. The van der Waals surface area contributed by atoms with Gasteiger partial charge in [0.1, 0.15) is 11.5 Å². The zero-order chi connectivity index (χ0) is 51.8. The second kappa shape index (κ2) is 19.9. The number of hydrogen-bond donors (Lipinski definition) is 0. The maximum Gasteiger partial charge on any atom is 0.139 e. The fraction of sp³-hybridized carbons (Fsp3) is 0. The van der Waals surface area contributed by atoms with Gasteiger partial charge < -0.3 is 28.6 Å². The van der Waals surface area contributed by atoms with Crippen molar-refractivity contribution in [2.75, 3.05) is 14.7 Å². The molecule has 2 aromatic heterocycles. The van der Waals surface area contributed by atoms with Crippen molar-refractivity contribution in [3.63, 3.8) is 0 Å². The van der Waals surface area contributed by atoms with Crippen LogP contribution in [0.25, 0.3) is 55.0 Å². The predicted molar refractivity (Wildman–Crippen MR) is 326 cm³/mol. The van der Waals surface area contributed by atoms with Crippen molar-refractivity contribution in [1.29, 1.82) is 0 Å². The number of hydrogen-bond acceptors (Lipinski definition) is 4. The zero-order valence-electron chi connectivity index (χ0n) is 42.6. The molecule has 0 aliphatic heterocycles. The summed E-state index contributed by atoms with van der Waals surface area (Å²) in [5, 5.41) is 4.44. The summed E-state index contributed by atoms with van der Waals surface area (Å²) < 4.78 is 11.8. The Bertz CT molecular complexity index is 4360. The van der Waals surface area contributed by atoms with Crippen LogP contribution < -0.4 is 19.4 Å². The molecule has 14 rings (SSSR count). The SMILES string of the molecule is c1ccc(Oc2cc(N(c3ccccc3)c3cccc(N(c4ccccc4)c4cc(N(c5ccccc5)c5ccccc5)cc5c4c4ccccc4n5-c4ccccc4)c3)cc3c2c2ccccc2n3-c2ccccc2)cc1. The van der Waals surface area contributed by atoms with E-state index in [1.54, 1.807) is 0 Å². The molecular formula is C72H51N5O. The van der Waals surface area contributed by atoms with Crippen LogP contribution in [0.3, 0.4) is 0 Å². The van der Waals surface area contributed by atoms with Crippen LogP contribution in [0.5, 0.6) is 11.5 Å². The molecule has 0 saturated carbocycles. The molecule has 0 fully saturated rings. The third-order valence-corrected chi connectivity index (χ3v) is 14.6. The third kappa shape index (κ3) is 8.25. The molecule has 370 valence electrons. The van der Waals surface area contributed by atoms with E-state index >= 15 is 0 Å². The van der Waals surface area contributed by atoms with Crippen LogP contribution in [0.2, 0.25) is 0 Å². The lowest BCUT2D eigenvalue weighted by Crippen LogP contribution is -2.15. The van der Waals surface area contributed by atoms with Gasteiger partial charge in [-0.2, -0.15) is 0 Å². The lowest BCUT2D eigenvalue weighted by atomic mass is 10.0. The van der Waals surface area contributed by atoms with E-state index < -0.39 is 0 Å². The summed E-state index contributed by atoms with van der Waals surface area (Å²) in [6, 6.07) is 110. The van der Waals surface area contributed by atoms with E-state index in [4.69, 9.17) is 4.74 Å². The second-order valence-corrected chi connectivity index (χ2v) is 19.4. The van der Waals surface area contributed by atoms with Crippen molar-refractivity contribution in [3.05, 3.63) is 309 Å². The van der Waals surface area contributed by atoms with Crippen molar-refractivity contribution in [3.8, 4) is 22.9 Å². The smallest absolute Gasteiger partial charge is 0.139 e. The molecule has 6 nitrogen and oxygen atoms in total. The van der Waals surface area contributed by atoms with Gasteiger partial charge in [-0.1, -0.05) is 170 Å². The van der Waals surface area contributed by atoms with Gasteiger partial charge >= 0.3 is 0 Å². The minimum atomic E-state index is 0.762. The molecule has 0 atom stereocenters. The number of fused-ring (bicyclic) bond motifs is 6. The minimum absolute atomic E-state index is 0.762. The first-order chi connectivity index (χ1) is 38.7. The maximum atomic E-state index is 7.04. The first kappa shape index (κ1) is 46.0. The summed E-state index contributed by atoms with van der Waals surface area (Å²) in [7, 11) is 0. The normalized spacial score (nSPS) is 11.3. The Morgan fingerprint density at radius 1 is 0.244 bits per heavy atom. The zero-order valence-corrected chi connectivity index (χ0v) is 42.6. The van der Waals surface area contributed by atoms with Gasteiger partial charge in [-0.25, -0.2) is 0 Å². The molecule has 0 bridgehead atoms. The van der Waals surface area contributed by atoms with Crippen LogP contribution in [0, 0.1) is 0 Å². The van der Waals surface area contributed by atoms with E-state index in [0.29, 0.717) is 0 Å². The highest BCUT2D eigenvalue weighted by molar-refractivity contribution is 6.18. The molecule has 6 heteroatoms. The van der Waals surface area contributed by atoms with Gasteiger partial charge in [0.15, 0.2) is 0 Å². The summed E-state index contributed by atoms with van der Waals surface area (Å²) in [5.74, 6) is 1.53. The molecule has 0 radical (unpaired) electrons. The molecule has 0 unspecified atom stereocenters. The van der Waals surface area contributed by atoms with E-state index in [0.717, 1.165) is 118 Å². The quantitative estimate of drug-likeness (QED) is 0.115. The molecule has 2 heterocycles. The number of ether oxygens (including phenoxy) is 1. The Balaban J connectivity index is 1.04. The molecule has 78 heavy (non-hydrogen) atoms. The fourth-order valence-corrected chi connectivity index (χ4v) is 11.3. The first-order valence-corrected chi connectivity index (χ1v) is 26.4. The lowest BCUT2D eigenvalue weighted by molar-refractivity contribution is 0.489. The van der Waals surface area contributed by atoms with E-state index in [2.05, 4.69) is 303 Å². The number of rotatable bonds is 13. The molecular weight excluding hydrogens is 951 g/mol. The Morgan fingerprint density at radius 2 is 0.603 bits per heavy atom. The lowest BCUT2D eigenvalue weighted by Gasteiger charge is -2.32. The summed E-state index contributed by atoms with van der Waals surface area (Å²) in [6.07, 6.45) is 0. The van der Waals surface area contributed by atoms with Crippen LogP contribution in [0.1, 0.15) is 0 Å². The number of nitrogens with zero attached hydrogens (tertiary/aromatic N) is 5. The topological polar surface area (TPSA) is 28.8 Å². The Morgan fingerprint density at radius 3 is 1.10 bits per heavy atom. The molecule has 14 aromatic rings. The van der Waals surface area contributed by atoms with E-state index in [9.17, 15) is 0 Å². The summed E-state index contributed by atoms with van der Waals surface area (Å²) >= 11 is 0. The Labute approximate surface area is 453 Å². The molecule has 0 saturated heterocycles. The second-order valence-electron chi connectivity index (χ2n) is 19.4. The van der Waals surface area contributed by atoms with Gasteiger partial charge in [-0.05, 0) is 133 Å². The van der Waals surface area contributed by atoms with Gasteiger partial charge in [-0.3, -0.25) is 0 Å². The van der Waals surface area contributed by atoms with Crippen molar-refractivity contribution < 1.29 is 4.74 Å². The third-order valence-electron chi connectivity index (χ3n) is 14.6.